The third-order valence-corrected chi connectivity index (χ3v) is 4.64. The van der Waals surface area contributed by atoms with E-state index >= 15 is 0 Å². The SMILES string of the molecule is CC(C)(C)OC(=O)NCCOc1cccc(NC2CCCC(NC(=O)OC(C)(C)C)C2)c1. The molecule has 0 bridgehead atoms. The summed E-state index contributed by atoms with van der Waals surface area (Å²) in [5, 5.41) is 9.21. The summed E-state index contributed by atoms with van der Waals surface area (Å²) in [6.07, 6.45) is 3.04. The van der Waals surface area contributed by atoms with Gasteiger partial charge in [0.2, 0.25) is 0 Å². The molecule has 180 valence electrons. The predicted octanol–water partition coefficient (Wildman–Crippen LogP) is 4.84. The molecule has 8 heteroatoms. The van der Waals surface area contributed by atoms with Crippen molar-refractivity contribution in [2.24, 2.45) is 0 Å². The number of hydrogen-bond acceptors (Lipinski definition) is 6. The molecule has 1 aliphatic rings. The molecule has 0 heterocycles. The van der Waals surface area contributed by atoms with E-state index in [2.05, 4.69) is 16.0 Å². The van der Waals surface area contributed by atoms with Crippen molar-refractivity contribution < 1.29 is 23.8 Å². The fourth-order valence-corrected chi connectivity index (χ4v) is 3.47. The van der Waals surface area contributed by atoms with Crippen molar-refractivity contribution in [1.82, 2.24) is 10.6 Å². The zero-order chi connectivity index (χ0) is 23.8. The van der Waals surface area contributed by atoms with E-state index in [9.17, 15) is 9.59 Å². The van der Waals surface area contributed by atoms with Crippen LogP contribution in [0.1, 0.15) is 67.2 Å². The maximum Gasteiger partial charge on any atom is 0.407 e. The molecular formula is C24H39N3O5. The normalized spacial score (nSPS) is 18.9. The van der Waals surface area contributed by atoms with Crippen molar-refractivity contribution in [1.29, 1.82) is 0 Å². The lowest BCUT2D eigenvalue weighted by molar-refractivity contribution is 0.0487. The van der Waals surface area contributed by atoms with Gasteiger partial charge < -0.3 is 30.2 Å². The van der Waals surface area contributed by atoms with Gasteiger partial charge in [0.15, 0.2) is 0 Å². The summed E-state index contributed by atoms with van der Waals surface area (Å²) in [5.41, 5.74) is -0.0596. The fraction of sp³-hybridized carbons (Fsp3) is 0.667. The van der Waals surface area contributed by atoms with Gasteiger partial charge in [0.25, 0.3) is 0 Å². The summed E-state index contributed by atoms with van der Waals surface area (Å²) in [4.78, 5) is 23.7. The van der Waals surface area contributed by atoms with E-state index in [1.807, 2.05) is 65.8 Å². The summed E-state index contributed by atoms with van der Waals surface area (Å²) in [6, 6.07) is 8.10. The highest BCUT2D eigenvalue weighted by Crippen LogP contribution is 2.25. The molecule has 2 rings (SSSR count). The van der Waals surface area contributed by atoms with Gasteiger partial charge >= 0.3 is 12.2 Å². The number of amides is 2. The van der Waals surface area contributed by atoms with Crippen LogP contribution in [0.4, 0.5) is 15.3 Å². The van der Waals surface area contributed by atoms with Crippen molar-refractivity contribution in [2.75, 3.05) is 18.5 Å². The van der Waals surface area contributed by atoms with Gasteiger partial charge in [-0.15, -0.1) is 0 Å². The van der Waals surface area contributed by atoms with E-state index in [1.165, 1.54) is 0 Å². The lowest BCUT2D eigenvalue weighted by Crippen LogP contribution is -2.43. The molecule has 1 aromatic rings. The first-order chi connectivity index (χ1) is 14.9. The molecule has 2 atom stereocenters. The second-order valence-electron chi connectivity index (χ2n) is 10.2. The smallest absolute Gasteiger partial charge is 0.407 e. The number of ether oxygens (including phenoxy) is 3. The van der Waals surface area contributed by atoms with Crippen LogP contribution in [0.3, 0.4) is 0 Å². The summed E-state index contributed by atoms with van der Waals surface area (Å²) >= 11 is 0. The Balaban J connectivity index is 1.77. The van der Waals surface area contributed by atoms with Crippen LogP contribution < -0.4 is 20.7 Å². The maximum absolute atomic E-state index is 12.1. The molecule has 3 N–H and O–H groups in total. The molecule has 1 fully saturated rings. The number of rotatable bonds is 7. The van der Waals surface area contributed by atoms with E-state index in [0.717, 1.165) is 37.1 Å². The van der Waals surface area contributed by atoms with E-state index in [-0.39, 0.29) is 18.2 Å². The average Bonchev–Trinajstić information content (AvgIpc) is 2.63. The Hall–Kier alpha value is -2.64. The molecule has 0 saturated heterocycles. The standard InChI is InChI=1S/C24H39N3O5/c1-23(2,3)31-21(28)25-13-14-30-20-12-8-11-19(16-20)26-17-9-7-10-18(15-17)27-22(29)32-24(4,5)6/h8,11-12,16-18,26H,7,9-10,13-15H2,1-6H3,(H,25,28)(H,27,29). The Kier molecular flexibility index (Phi) is 9.04. The molecule has 0 spiro atoms. The molecular weight excluding hydrogens is 410 g/mol. The van der Waals surface area contributed by atoms with Gasteiger partial charge in [-0.3, -0.25) is 0 Å². The number of carbonyl (C=O) groups is 2. The molecule has 1 aliphatic carbocycles. The van der Waals surface area contributed by atoms with Crippen LogP contribution >= 0.6 is 0 Å². The highest BCUT2D eigenvalue weighted by atomic mass is 16.6. The monoisotopic (exact) mass is 449 g/mol. The van der Waals surface area contributed by atoms with Gasteiger partial charge in [-0.1, -0.05) is 6.07 Å². The molecule has 1 aromatic carbocycles. The van der Waals surface area contributed by atoms with Gasteiger partial charge in [-0.2, -0.15) is 0 Å². The second-order valence-corrected chi connectivity index (χ2v) is 10.2. The van der Waals surface area contributed by atoms with Crippen molar-refractivity contribution in [3.8, 4) is 5.75 Å². The number of hydrogen-bond donors (Lipinski definition) is 3. The van der Waals surface area contributed by atoms with Crippen molar-refractivity contribution in [2.45, 2.75) is 90.5 Å². The van der Waals surface area contributed by atoms with Gasteiger partial charge in [-0.25, -0.2) is 9.59 Å². The summed E-state index contributed by atoms with van der Waals surface area (Å²) in [7, 11) is 0. The largest absolute Gasteiger partial charge is 0.492 e. The number of alkyl carbamates (subject to hydrolysis) is 2. The quantitative estimate of drug-likeness (QED) is 0.516. The molecule has 0 radical (unpaired) electrons. The molecule has 0 aliphatic heterocycles. The first-order valence-electron chi connectivity index (χ1n) is 11.4. The number of nitrogens with one attached hydrogen (secondary N) is 3. The summed E-state index contributed by atoms with van der Waals surface area (Å²) < 4.78 is 16.3. The zero-order valence-corrected chi connectivity index (χ0v) is 20.2. The van der Waals surface area contributed by atoms with Crippen LogP contribution in [-0.2, 0) is 9.47 Å². The highest BCUT2D eigenvalue weighted by molar-refractivity contribution is 5.68. The van der Waals surface area contributed by atoms with E-state index < -0.39 is 17.3 Å². The topological polar surface area (TPSA) is 97.9 Å². The molecule has 1 saturated carbocycles. The minimum absolute atomic E-state index is 0.0921. The van der Waals surface area contributed by atoms with E-state index in [0.29, 0.717) is 13.2 Å². The number of benzene rings is 1. The lowest BCUT2D eigenvalue weighted by Gasteiger charge is -2.31. The van der Waals surface area contributed by atoms with Crippen molar-refractivity contribution in [3.05, 3.63) is 24.3 Å². The summed E-state index contributed by atoms with van der Waals surface area (Å²) in [5.74, 6) is 0.722. The van der Waals surface area contributed by atoms with Crippen LogP contribution in [0.5, 0.6) is 5.75 Å². The number of carbonyl (C=O) groups excluding carboxylic acids is 2. The number of anilines is 1. The minimum atomic E-state index is -0.522. The van der Waals surface area contributed by atoms with Crippen LogP contribution in [0.2, 0.25) is 0 Å². The Morgan fingerprint density at radius 3 is 2.31 bits per heavy atom. The van der Waals surface area contributed by atoms with Gasteiger partial charge in [0, 0.05) is 23.8 Å². The van der Waals surface area contributed by atoms with Crippen LogP contribution in [0, 0.1) is 0 Å². The zero-order valence-electron chi connectivity index (χ0n) is 20.2. The fourth-order valence-electron chi connectivity index (χ4n) is 3.47. The minimum Gasteiger partial charge on any atom is -0.492 e. The second kappa shape index (κ2) is 11.3. The Morgan fingerprint density at radius 1 is 0.969 bits per heavy atom. The maximum atomic E-state index is 12.1. The first-order valence-corrected chi connectivity index (χ1v) is 11.4. The van der Waals surface area contributed by atoms with E-state index in [4.69, 9.17) is 14.2 Å². The van der Waals surface area contributed by atoms with Gasteiger partial charge in [0.05, 0.1) is 6.54 Å². The highest BCUT2D eigenvalue weighted by Gasteiger charge is 2.25. The molecule has 32 heavy (non-hydrogen) atoms. The van der Waals surface area contributed by atoms with Crippen molar-refractivity contribution in [3.63, 3.8) is 0 Å². The molecule has 0 aromatic heterocycles. The average molecular weight is 450 g/mol. The Morgan fingerprint density at radius 2 is 1.62 bits per heavy atom. The van der Waals surface area contributed by atoms with Crippen LogP contribution in [0.25, 0.3) is 0 Å². The Bertz CT molecular complexity index is 755. The van der Waals surface area contributed by atoms with Gasteiger partial charge in [-0.05, 0) is 79.4 Å². The predicted molar refractivity (Wildman–Crippen MR) is 125 cm³/mol. The van der Waals surface area contributed by atoms with Gasteiger partial charge in [0.1, 0.15) is 23.6 Å². The lowest BCUT2D eigenvalue weighted by atomic mass is 9.91. The van der Waals surface area contributed by atoms with Crippen LogP contribution in [0.15, 0.2) is 24.3 Å². The molecule has 8 nitrogen and oxygen atoms in total. The molecule has 2 amide bonds. The summed E-state index contributed by atoms with van der Waals surface area (Å²) in [6.45, 7) is 11.7. The molecule has 2 unspecified atom stereocenters. The van der Waals surface area contributed by atoms with Crippen LogP contribution in [-0.4, -0.2) is 48.6 Å². The third kappa shape index (κ3) is 10.6. The van der Waals surface area contributed by atoms with E-state index in [1.54, 1.807) is 0 Å². The van der Waals surface area contributed by atoms with Crippen molar-refractivity contribution >= 4 is 17.9 Å². The third-order valence-electron chi connectivity index (χ3n) is 4.64. The Labute approximate surface area is 191 Å². The first kappa shape index (κ1) is 25.6.